The third kappa shape index (κ3) is 6.72. The second kappa shape index (κ2) is 12.9. The number of amides is 2. The van der Waals surface area contributed by atoms with Crippen molar-refractivity contribution in [2.75, 3.05) is 30.4 Å². The van der Waals surface area contributed by atoms with E-state index in [0.717, 1.165) is 6.07 Å². The molecule has 2 amide bonds. The molecule has 234 valence electrons. The number of piperidine rings is 1. The average Bonchev–Trinajstić information content (AvgIpc) is 2.98. The minimum Gasteiger partial charge on any atom is -0.381 e. The van der Waals surface area contributed by atoms with Crippen LogP contribution < -0.4 is 10.6 Å². The Kier molecular flexibility index (Phi) is 9.24. The lowest BCUT2D eigenvalue weighted by atomic mass is 9.83. The van der Waals surface area contributed by atoms with Gasteiger partial charge in [-0.05, 0) is 86.6 Å². The van der Waals surface area contributed by atoms with Gasteiger partial charge in [0.2, 0.25) is 5.91 Å². The molecule has 0 aliphatic carbocycles. The van der Waals surface area contributed by atoms with Crippen molar-refractivity contribution in [2.45, 2.75) is 57.8 Å². The third-order valence-corrected chi connectivity index (χ3v) is 8.39. The Hall–Kier alpha value is -3.99. The molecular weight excluding hydrogens is 581 g/mol. The smallest absolute Gasteiger partial charge is 0.381 e. The Balaban J connectivity index is 1.50. The van der Waals surface area contributed by atoms with Crippen molar-refractivity contribution in [1.82, 2.24) is 4.90 Å². The summed E-state index contributed by atoms with van der Waals surface area (Å²) in [5.74, 6) is -3.53. The molecule has 2 N–H and O–H groups in total. The van der Waals surface area contributed by atoms with Crippen LogP contribution in [0.3, 0.4) is 0 Å². The zero-order valence-corrected chi connectivity index (χ0v) is 24.4. The Labute approximate surface area is 252 Å². The van der Waals surface area contributed by atoms with Crippen LogP contribution in [-0.2, 0) is 15.7 Å². The van der Waals surface area contributed by atoms with Crippen LogP contribution >= 0.6 is 0 Å². The van der Waals surface area contributed by atoms with Crippen molar-refractivity contribution in [1.29, 1.82) is 0 Å². The average molecular weight is 616 g/mol. The number of rotatable bonds is 6. The molecule has 0 unspecified atom stereocenters. The predicted molar refractivity (Wildman–Crippen MR) is 156 cm³/mol. The van der Waals surface area contributed by atoms with Gasteiger partial charge in [-0.15, -0.1) is 0 Å². The summed E-state index contributed by atoms with van der Waals surface area (Å²) in [6.07, 6.45) is -2.53. The number of hydrogen-bond donors (Lipinski definition) is 2. The lowest BCUT2D eigenvalue weighted by Crippen LogP contribution is -2.46. The first-order chi connectivity index (χ1) is 20.9. The standard InChI is InChI=1S/C33H34F5N3O3/c1-19-8-10-23(18-25(19)33(36,37)38)40-31(42)24-6-4-14-41(32(43)29-20(2)5-3-7-26(29)34)30(24)21-9-11-28(27(35)17-21)39-22-12-15-44-16-13-22/h3,5,7-11,17-18,22,24,30,39H,4,6,12-16H2,1-2H3,(H,40,42)/t24-,30-/m0/s1. The summed E-state index contributed by atoms with van der Waals surface area (Å²) in [4.78, 5) is 29.0. The predicted octanol–water partition coefficient (Wildman–Crippen LogP) is 7.42. The topological polar surface area (TPSA) is 70.7 Å². The summed E-state index contributed by atoms with van der Waals surface area (Å²) in [5.41, 5.74) is -0.0824. The van der Waals surface area contributed by atoms with Crippen molar-refractivity contribution < 1.29 is 36.3 Å². The number of aryl methyl sites for hydroxylation is 2. The molecule has 2 heterocycles. The number of anilines is 2. The number of carbonyl (C=O) groups excluding carboxylic acids is 2. The summed E-state index contributed by atoms with van der Waals surface area (Å²) in [7, 11) is 0. The van der Waals surface area contributed by atoms with Crippen molar-refractivity contribution >= 4 is 23.2 Å². The van der Waals surface area contributed by atoms with Gasteiger partial charge >= 0.3 is 6.18 Å². The lowest BCUT2D eigenvalue weighted by Gasteiger charge is -2.41. The van der Waals surface area contributed by atoms with E-state index in [2.05, 4.69) is 10.6 Å². The van der Waals surface area contributed by atoms with E-state index < -0.39 is 47.1 Å². The van der Waals surface area contributed by atoms with E-state index in [-0.39, 0.29) is 41.5 Å². The van der Waals surface area contributed by atoms with Gasteiger partial charge in [-0.3, -0.25) is 9.59 Å². The van der Waals surface area contributed by atoms with Gasteiger partial charge in [0, 0.05) is 31.5 Å². The van der Waals surface area contributed by atoms with Crippen LogP contribution in [0.5, 0.6) is 0 Å². The summed E-state index contributed by atoms with van der Waals surface area (Å²) in [5, 5.41) is 5.77. The molecule has 2 aliphatic heterocycles. The molecule has 3 aromatic carbocycles. The molecule has 2 fully saturated rings. The molecule has 0 radical (unpaired) electrons. The van der Waals surface area contributed by atoms with Crippen LogP contribution in [0, 0.1) is 31.4 Å². The van der Waals surface area contributed by atoms with E-state index >= 15 is 4.39 Å². The number of carbonyl (C=O) groups is 2. The van der Waals surface area contributed by atoms with Gasteiger partial charge in [0.05, 0.1) is 28.8 Å². The SMILES string of the molecule is Cc1ccc(NC(=O)[C@H]2CCCN(C(=O)c3c(C)cccc3F)[C@H]2c2ccc(NC3CCOCC3)c(F)c2)cc1C(F)(F)F. The van der Waals surface area contributed by atoms with Crippen molar-refractivity contribution in [3.8, 4) is 0 Å². The van der Waals surface area contributed by atoms with Gasteiger partial charge < -0.3 is 20.3 Å². The fourth-order valence-electron chi connectivity index (χ4n) is 6.09. The fourth-order valence-corrected chi connectivity index (χ4v) is 6.09. The zero-order valence-electron chi connectivity index (χ0n) is 24.4. The number of benzene rings is 3. The quantitative estimate of drug-likeness (QED) is 0.283. The Morgan fingerprint density at radius 3 is 2.34 bits per heavy atom. The number of halogens is 5. The molecule has 2 saturated heterocycles. The third-order valence-electron chi connectivity index (χ3n) is 8.39. The Bertz CT molecular complexity index is 1520. The molecule has 3 aromatic rings. The molecule has 2 aliphatic rings. The highest BCUT2D eigenvalue weighted by atomic mass is 19.4. The number of nitrogens with one attached hydrogen (secondary N) is 2. The lowest BCUT2D eigenvalue weighted by molar-refractivity contribution is -0.138. The van der Waals surface area contributed by atoms with Crippen LogP contribution in [0.4, 0.5) is 33.3 Å². The van der Waals surface area contributed by atoms with Crippen molar-refractivity contribution in [3.63, 3.8) is 0 Å². The monoisotopic (exact) mass is 615 g/mol. The van der Waals surface area contributed by atoms with Crippen LogP contribution in [0.1, 0.15) is 64.3 Å². The Morgan fingerprint density at radius 2 is 1.66 bits per heavy atom. The largest absolute Gasteiger partial charge is 0.416 e. The molecule has 44 heavy (non-hydrogen) atoms. The normalized spacial score (nSPS) is 19.5. The first-order valence-electron chi connectivity index (χ1n) is 14.6. The van der Waals surface area contributed by atoms with Gasteiger partial charge in [-0.1, -0.05) is 24.3 Å². The molecule has 6 nitrogen and oxygen atoms in total. The first kappa shape index (κ1) is 31.4. The summed E-state index contributed by atoms with van der Waals surface area (Å²) >= 11 is 0. The minimum atomic E-state index is -4.61. The van der Waals surface area contributed by atoms with Gasteiger partial charge in [-0.25, -0.2) is 8.78 Å². The number of hydrogen-bond acceptors (Lipinski definition) is 4. The summed E-state index contributed by atoms with van der Waals surface area (Å²) < 4.78 is 76.5. The van der Waals surface area contributed by atoms with Gasteiger partial charge in [0.15, 0.2) is 0 Å². The maximum absolute atomic E-state index is 15.5. The number of ether oxygens (including phenoxy) is 1. The van der Waals surface area contributed by atoms with Crippen LogP contribution in [0.2, 0.25) is 0 Å². The molecule has 0 bridgehead atoms. The molecule has 0 aromatic heterocycles. The van der Waals surface area contributed by atoms with Gasteiger partial charge in [0.1, 0.15) is 11.6 Å². The fraction of sp³-hybridized carbons (Fsp3) is 0.394. The zero-order chi connectivity index (χ0) is 31.6. The molecule has 2 atom stereocenters. The Morgan fingerprint density at radius 1 is 0.909 bits per heavy atom. The maximum atomic E-state index is 15.5. The van der Waals surface area contributed by atoms with Crippen LogP contribution in [0.15, 0.2) is 54.6 Å². The highest BCUT2D eigenvalue weighted by molar-refractivity contribution is 5.98. The number of likely N-dealkylation sites (tertiary alicyclic amines) is 1. The van der Waals surface area contributed by atoms with Gasteiger partial charge in [0.25, 0.3) is 5.91 Å². The second-order valence-electron chi connectivity index (χ2n) is 11.4. The van der Waals surface area contributed by atoms with Crippen molar-refractivity contribution in [2.24, 2.45) is 5.92 Å². The number of nitrogens with zero attached hydrogens (tertiary/aromatic N) is 1. The van der Waals surface area contributed by atoms with E-state index in [1.807, 2.05) is 0 Å². The second-order valence-corrected chi connectivity index (χ2v) is 11.4. The molecular formula is C33H34F5N3O3. The van der Waals surface area contributed by atoms with E-state index in [0.29, 0.717) is 43.6 Å². The maximum Gasteiger partial charge on any atom is 0.416 e. The molecule has 11 heteroatoms. The highest BCUT2D eigenvalue weighted by Gasteiger charge is 2.41. The van der Waals surface area contributed by atoms with E-state index in [1.54, 1.807) is 25.1 Å². The molecule has 0 saturated carbocycles. The molecule has 5 rings (SSSR count). The highest BCUT2D eigenvalue weighted by Crippen LogP contribution is 2.40. The summed E-state index contributed by atoms with van der Waals surface area (Å²) in [6, 6.07) is 11.2. The number of alkyl halides is 3. The van der Waals surface area contributed by atoms with Crippen LogP contribution in [-0.4, -0.2) is 42.5 Å². The van der Waals surface area contributed by atoms with E-state index in [1.165, 1.54) is 42.2 Å². The van der Waals surface area contributed by atoms with Gasteiger partial charge in [-0.2, -0.15) is 13.2 Å². The molecule has 0 spiro atoms. The summed E-state index contributed by atoms with van der Waals surface area (Å²) in [6.45, 7) is 4.23. The van der Waals surface area contributed by atoms with E-state index in [4.69, 9.17) is 4.74 Å². The minimum absolute atomic E-state index is 0.00741. The van der Waals surface area contributed by atoms with E-state index in [9.17, 15) is 27.2 Å². The van der Waals surface area contributed by atoms with Crippen LogP contribution in [0.25, 0.3) is 0 Å². The van der Waals surface area contributed by atoms with Crippen molar-refractivity contribution in [3.05, 3.63) is 94.0 Å². The first-order valence-corrected chi connectivity index (χ1v) is 14.6.